The average molecular weight is 231 g/mol. The van der Waals surface area contributed by atoms with Crippen molar-refractivity contribution in [2.24, 2.45) is 5.92 Å². The molecule has 4 heteroatoms. The summed E-state index contributed by atoms with van der Waals surface area (Å²) in [5.74, 6) is 0.292. The molecular weight excluding hydrogens is 214 g/mol. The van der Waals surface area contributed by atoms with Gasteiger partial charge >= 0.3 is 0 Å². The van der Waals surface area contributed by atoms with Crippen molar-refractivity contribution in [1.29, 1.82) is 5.26 Å². The lowest BCUT2D eigenvalue weighted by Crippen LogP contribution is -2.26. The Kier molecular flexibility index (Phi) is 3.50. The molecule has 0 heterocycles. The fraction of sp³-hybridized carbons (Fsp3) is 0.462. The van der Waals surface area contributed by atoms with Gasteiger partial charge in [0.1, 0.15) is 6.07 Å². The summed E-state index contributed by atoms with van der Waals surface area (Å²) < 4.78 is 0. The predicted octanol–water partition coefficient (Wildman–Crippen LogP) is 1.71. The molecule has 0 aliphatic heterocycles. The first kappa shape index (κ1) is 11.7. The SMILES string of the molecule is N#Cc1cccc(NC2CCCC2CO)c1N. The van der Waals surface area contributed by atoms with E-state index in [2.05, 4.69) is 11.4 Å². The van der Waals surface area contributed by atoms with Gasteiger partial charge in [-0.1, -0.05) is 12.5 Å². The zero-order valence-corrected chi connectivity index (χ0v) is 9.69. The molecule has 1 saturated carbocycles. The molecule has 2 rings (SSSR count). The minimum Gasteiger partial charge on any atom is -0.396 e. The molecule has 2 unspecified atom stereocenters. The molecule has 1 aliphatic rings. The second kappa shape index (κ2) is 5.07. The molecule has 1 aromatic carbocycles. The van der Waals surface area contributed by atoms with Crippen LogP contribution in [-0.2, 0) is 0 Å². The van der Waals surface area contributed by atoms with Gasteiger partial charge < -0.3 is 16.2 Å². The van der Waals surface area contributed by atoms with Crippen LogP contribution in [0.4, 0.5) is 11.4 Å². The Bertz CT molecular complexity index is 439. The third-order valence-electron chi connectivity index (χ3n) is 3.46. The largest absolute Gasteiger partial charge is 0.396 e. The molecule has 0 bridgehead atoms. The zero-order chi connectivity index (χ0) is 12.3. The molecule has 4 nitrogen and oxygen atoms in total. The number of anilines is 2. The van der Waals surface area contributed by atoms with Gasteiger partial charge in [0.25, 0.3) is 0 Å². The molecule has 0 radical (unpaired) electrons. The van der Waals surface area contributed by atoms with Gasteiger partial charge in [0.2, 0.25) is 0 Å². The minimum atomic E-state index is 0.204. The van der Waals surface area contributed by atoms with Crippen LogP contribution in [0.25, 0.3) is 0 Å². The van der Waals surface area contributed by atoms with E-state index in [-0.39, 0.29) is 12.6 Å². The summed E-state index contributed by atoms with van der Waals surface area (Å²) >= 11 is 0. The van der Waals surface area contributed by atoms with Crippen LogP contribution in [0, 0.1) is 17.2 Å². The number of nitrogens with two attached hydrogens (primary N) is 1. The average Bonchev–Trinajstić information content (AvgIpc) is 2.79. The number of para-hydroxylation sites is 1. The normalized spacial score (nSPS) is 23.3. The standard InChI is InChI=1S/C13H17N3O/c14-7-9-3-1-6-12(13(9)15)16-11-5-2-4-10(11)8-17/h1,3,6,10-11,16-17H,2,4-5,8,15H2. The first-order valence-corrected chi connectivity index (χ1v) is 5.92. The van der Waals surface area contributed by atoms with Crippen LogP contribution in [0.5, 0.6) is 0 Å². The molecule has 1 fully saturated rings. The van der Waals surface area contributed by atoms with Gasteiger partial charge in [0.15, 0.2) is 0 Å². The third-order valence-corrected chi connectivity index (χ3v) is 3.46. The number of nitrogens with one attached hydrogen (secondary N) is 1. The maximum atomic E-state index is 9.26. The number of nitrogen functional groups attached to an aromatic ring is 1. The van der Waals surface area contributed by atoms with Crippen molar-refractivity contribution in [2.45, 2.75) is 25.3 Å². The van der Waals surface area contributed by atoms with E-state index in [1.165, 1.54) is 0 Å². The summed E-state index contributed by atoms with van der Waals surface area (Å²) in [7, 11) is 0. The highest BCUT2D eigenvalue weighted by atomic mass is 16.3. The maximum absolute atomic E-state index is 9.26. The lowest BCUT2D eigenvalue weighted by atomic mass is 10.0. The Labute approximate surface area is 101 Å². The van der Waals surface area contributed by atoms with E-state index in [0.717, 1.165) is 24.9 Å². The van der Waals surface area contributed by atoms with E-state index >= 15 is 0 Å². The quantitative estimate of drug-likeness (QED) is 0.692. The fourth-order valence-electron chi connectivity index (χ4n) is 2.43. The Morgan fingerprint density at radius 3 is 3.00 bits per heavy atom. The summed E-state index contributed by atoms with van der Waals surface area (Å²) in [6, 6.07) is 7.74. The number of hydrogen-bond acceptors (Lipinski definition) is 4. The summed E-state index contributed by atoms with van der Waals surface area (Å²) in [6.45, 7) is 0.204. The lowest BCUT2D eigenvalue weighted by Gasteiger charge is -2.21. The van der Waals surface area contributed by atoms with Crippen molar-refractivity contribution in [3.05, 3.63) is 23.8 Å². The Morgan fingerprint density at radius 2 is 2.29 bits per heavy atom. The maximum Gasteiger partial charge on any atom is 0.101 e. The van der Waals surface area contributed by atoms with Crippen molar-refractivity contribution in [3.63, 3.8) is 0 Å². The highest BCUT2D eigenvalue weighted by Crippen LogP contribution is 2.31. The van der Waals surface area contributed by atoms with Gasteiger partial charge in [-0.15, -0.1) is 0 Å². The number of nitriles is 1. The first-order valence-electron chi connectivity index (χ1n) is 5.92. The van der Waals surface area contributed by atoms with Crippen LogP contribution >= 0.6 is 0 Å². The summed E-state index contributed by atoms with van der Waals surface area (Å²) in [6.07, 6.45) is 3.22. The van der Waals surface area contributed by atoms with Gasteiger partial charge in [0.05, 0.1) is 16.9 Å². The van der Waals surface area contributed by atoms with E-state index < -0.39 is 0 Å². The molecule has 17 heavy (non-hydrogen) atoms. The molecule has 0 spiro atoms. The van der Waals surface area contributed by atoms with Crippen molar-refractivity contribution in [1.82, 2.24) is 0 Å². The summed E-state index contributed by atoms with van der Waals surface area (Å²) in [5, 5.41) is 21.5. The van der Waals surface area contributed by atoms with Crippen molar-refractivity contribution >= 4 is 11.4 Å². The Balaban J connectivity index is 2.16. The second-order valence-electron chi connectivity index (χ2n) is 4.50. The van der Waals surface area contributed by atoms with E-state index in [4.69, 9.17) is 11.0 Å². The highest BCUT2D eigenvalue weighted by Gasteiger charge is 2.26. The molecule has 1 aromatic rings. The van der Waals surface area contributed by atoms with Crippen molar-refractivity contribution < 1.29 is 5.11 Å². The minimum absolute atomic E-state index is 0.204. The fourth-order valence-corrected chi connectivity index (χ4v) is 2.43. The van der Waals surface area contributed by atoms with E-state index in [9.17, 15) is 5.11 Å². The number of nitrogens with zero attached hydrogens (tertiary/aromatic N) is 1. The van der Waals surface area contributed by atoms with E-state index in [0.29, 0.717) is 17.2 Å². The molecular formula is C13H17N3O. The van der Waals surface area contributed by atoms with Crippen LogP contribution in [0.2, 0.25) is 0 Å². The van der Waals surface area contributed by atoms with Gasteiger partial charge in [-0.2, -0.15) is 5.26 Å². The number of aliphatic hydroxyl groups excluding tert-OH is 1. The highest BCUT2D eigenvalue weighted by molar-refractivity contribution is 5.73. The Morgan fingerprint density at radius 1 is 1.47 bits per heavy atom. The first-order chi connectivity index (χ1) is 8.26. The number of rotatable bonds is 3. The predicted molar refractivity (Wildman–Crippen MR) is 67.4 cm³/mol. The van der Waals surface area contributed by atoms with Gasteiger partial charge in [0, 0.05) is 18.6 Å². The molecule has 0 saturated heterocycles. The van der Waals surface area contributed by atoms with E-state index in [1.807, 2.05) is 12.1 Å². The van der Waals surface area contributed by atoms with E-state index in [1.54, 1.807) is 6.07 Å². The monoisotopic (exact) mass is 231 g/mol. The molecule has 0 amide bonds. The van der Waals surface area contributed by atoms with Crippen molar-refractivity contribution in [3.8, 4) is 6.07 Å². The van der Waals surface area contributed by atoms with Crippen LogP contribution in [-0.4, -0.2) is 17.8 Å². The topological polar surface area (TPSA) is 82.1 Å². The molecule has 90 valence electrons. The van der Waals surface area contributed by atoms with Crippen LogP contribution in [0.3, 0.4) is 0 Å². The molecule has 4 N–H and O–H groups in total. The van der Waals surface area contributed by atoms with Gasteiger partial charge in [-0.25, -0.2) is 0 Å². The van der Waals surface area contributed by atoms with Gasteiger partial charge in [-0.05, 0) is 25.0 Å². The number of benzene rings is 1. The third kappa shape index (κ3) is 2.34. The summed E-state index contributed by atoms with van der Waals surface area (Å²) in [5.41, 5.74) is 7.70. The number of aliphatic hydroxyl groups is 1. The van der Waals surface area contributed by atoms with Crippen LogP contribution in [0.15, 0.2) is 18.2 Å². The molecule has 1 aliphatic carbocycles. The number of hydrogen-bond donors (Lipinski definition) is 3. The molecule has 0 aromatic heterocycles. The Hall–Kier alpha value is -1.73. The lowest BCUT2D eigenvalue weighted by molar-refractivity contribution is 0.222. The zero-order valence-electron chi connectivity index (χ0n) is 9.69. The summed E-state index contributed by atoms with van der Waals surface area (Å²) in [4.78, 5) is 0. The van der Waals surface area contributed by atoms with Gasteiger partial charge in [-0.3, -0.25) is 0 Å². The smallest absolute Gasteiger partial charge is 0.101 e. The molecule has 2 atom stereocenters. The van der Waals surface area contributed by atoms with Crippen molar-refractivity contribution in [2.75, 3.05) is 17.7 Å². The second-order valence-corrected chi connectivity index (χ2v) is 4.50. The van der Waals surface area contributed by atoms with Crippen LogP contribution in [0.1, 0.15) is 24.8 Å². The van der Waals surface area contributed by atoms with Crippen LogP contribution < -0.4 is 11.1 Å².